The monoisotopic (exact) mass is 136 g/mol. The van der Waals surface area contributed by atoms with Gasteiger partial charge in [0.15, 0.2) is 11.4 Å². The van der Waals surface area contributed by atoms with Crippen LogP contribution in [0.15, 0.2) is 17.1 Å². The Morgan fingerprint density at radius 2 is 2.40 bits per heavy atom. The number of pyridine rings is 1. The van der Waals surface area contributed by atoms with E-state index in [1.807, 2.05) is 0 Å². The van der Waals surface area contributed by atoms with Crippen molar-refractivity contribution >= 4 is 0 Å². The third-order valence-corrected chi connectivity index (χ3v) is 1.04. The third kappa shape index (κ3) is 0.845. The fraction of sp³-hybridized carbons (Fsp3) is 0. The van der Waals surface area contributed by atoms with E-state index in [1.165, 1.54) is 6.20 Å². The van der Waals surface area contributed by atoms with Gasteiger partial charge in [-0.05, 0) is 0 Å². The lowest BCUT2D eigenvalue weighted by Crippen LogP contribution is -2.00. The Bertz CT molecular complexity index is 334. The number of aromatic amines is 1. The number of hydrogen-bond acceptors (Lipinski definition) is 3. The number of rotatable bonds is 0. The maximum atomic E-state index is 10.6. The van der Waals surface area contributed by atoms with Crippen LogP contribution >= 0.6 is 0 Å². The first-order valence-electron chi connectivity index (χ1n) is 2.56. The molecule has 0 spiro atoms. The van der Waals surface area contributed by atoms with E-state index in [2.05, 4.69) is 4.98 Å². The van der Waals surface area contributed by atoms with E-state index >= 15 is 0 Å². The molecule has 0 unspecified atom stereocenters. The summed E-state index contributed by atoms with van der Waals surface area (Å²) in [6.07, 6.45) is 1.31. The summed E-state index contributed by atoms with van der Waals surface area (Å²) in [5.74, 6) is -0.523. The first-order chi connectivity index (χ1) is 4.75. The second-order valence-corrected chi connectivity index (χ2v) is 1.68. The highest BCUT2D eigenvalue weighted by Gasteiger charge is 2.01. The molecule has 0 amide bonds. The summed E-state index contributed by atoms with van der Waals surface area (Å²) in [5, 5.41) is 17.1. The van der Waals surface area contributed by atoms with Crippen molar-refractivity contribution < 1.29 is 5.11 Å². The van der Waals surface area contributed by atoms with E-state index in [1.54, 1.807) is 6.07 Å². The zero-order chi connectivity index (χ0) is 7.56. The molecule has 10 heavy (non-hydrogen) atoms. The Labute approximate surface area is 56.4 Å². The van der Waals surface area contributed by atoms with Gasteiger partial charge in [-0.2, -0.15) is 5.26 Å². The van der Waals surface area contributed by atoms with E-state index in [9.17, 15) is 4.79 Å². The normalized spacial score (nSPS) is 8.70. The SMILES string of the molecule is N#Cc1[nH]ccc(=O)c1O. The second-order valence-electron chi connectivity index (χ2n) is 1.68. The number of nitrogens with zero attached hydrogens (tertiary/aromatic N) is 1. The van der Waals surface area contributed by atoms with Gasteiger partial charge < -0.3 is 10.1 Å². The van der Waals surface area contributed by atoms with Crippen LogP contribution in [0.4, 0.5) is 0 Å². The minimum Gasteiger partial charge on any atom is -0.502 e. The van der Waals surface area contributed by atoms with Gasteiger partial charge in [-0.25, -0.2) is 0 Å². The molecule has 4 heteroatoms. The van der Waals surface area contributed by atoms with Crippen LogP contribution in [-0.4, -0.2) is 10.1 Å². The number of hydrogen-bond donors (Lipinski definition) is 2. The average molecular weight is 136 g/mol. The van der Waals surface area contributed by atoms with Gasteiger partial charge in [0.2, 0.25) is 5.43 Å². The molecule has 1 rings (SSSR count). The first kappa shape index (κ1) is 6.36. The molecule has 0 fully saturated rings. The highest BCUT2D eigenvalue weighted by molar-refractivity contribution is 5.34. The molecule has 1 heterocycles. The van der Waals surface area contributed by atoms with Crippen LogP contribution in [0.1, 0.15) is 5.69 Å². The van der Waals surface area contributed by atoms with Crippen molar-refractivity contribution in [3.05, 3.63) is 28.2 Å². The smallest absolute Gasteiger partial charge is 0.224 e. The summed E-state index contributed by atoms with van der Waals surface area (Å²) in [7, 11) is 0. The van der Waals surface area contributed by atoms with Crippen molar-refractivity contribution in [1.29, 1.82) is 5.26 Å². The molecule has 0 aliphatic rings. The van der Waals surface area contributed by atoms with Gasteiger partial charge in [-0.15, -0.1) is 0 Å². The number of nitriles is 1. The van der Waals surface area contributed by atoms with Crippen molar-refractivity contribution in [2.45, 2.75) is 0 Å². The zero-order valence-corrected chi connectivity index (χ0v) is 4.96. The standard InChI is InChI=1S/C6H4N2O2/c7-3-4-6(10)5(9)1-2-8-4/h1-2,10H,(H,8,9). The van der Waals surface area contributed by atoms with Crippen LogP contribution in [0.3, 0.4) is 0 Å². The van der Waals surface area contributed by atoms with Gasteiger partial charge in [-0.1, -0.05) is 0 Å². The fourth-order valence-electron chi connectivity index (χ4n) is 0.556. The largest absolute Gasteiger partial charge is 0.502 e. The number of aromatic nitrogens is 1. The second kappa shape index (κ2) is 2.23. The Morgan fingerprint density at radius 1 is 1.70 bits per heavy atom. The van der Waals surface area contributed by atoms with Crippen molar-refractivity contribution in [3.63, 3.8) is 0 Å². The molecule has 0 radical (unpaired) electrons. The molecule has 0 bridgehead atoms. The molecule has 1 aromatic heterocycles. The molecule has 0 aromatic carbocycles. The van der Waals surface area contributed by atoms with Crippen molar-refractivity contribution in [1.82, 2.24) is 4.98 Å². The molecule has 0 saturated carbocycles. The molecule has 1 aromatic rings. The van der Waals surface area contributed by atoms with E-state index < -0.39 is 11.2 Å². The molecule has 2 N–H and O–H groups in total. The molecule has 0 saturated heterocycles. The van der Waals surface area contributed by atoms with E-state index in [-0.39, 0.29) is 5.69 Å². The average Bonchev–Trinajstić information content (AvgIpc) is 1.95. The third-order valence-electron chi connectivity index (χ3n) is 1.04. The maximum Gasteiger partial charge on any atom is 0.224 e. The number of nitrogens with one attached hydrogen (secondary N) is 1. The van der Waals surface area contributed by atoms with Gasteiger partial charge in [0.25, 0.3) is 0 Å². The van der Waals surface area contributed by atoms with Gasteiger partial charge in [0.05, 0.1) is 0 Å². The summed E-state index contributed by atoms with van der Waals surface area (Å²) in [4.78, 5) is 13.0. The van der Waals surface area contributed by atoms with Gasteiger partial charge in [-0.3, -0.25) is 4.79 Å². The molecule has 0 aliphatic heterocycles. The molecule has 50 valence electrons. The molecular weight excluding hydrogens is 132 g/mol. The lowest BCUT2D eigenvalue weighted by Gasteiger charge is -1.90. The topological polar surface area (TPSA) is 76.9 Å². The Kier molecular flexibility index (Phi) is 1.42. The van der Waals surface area contributed by atoms with Gasteiger partial charge in [0.1, 0.15) is 6.07 Å². The van der Waals surface area contributed by atoms with E-state index in [4.69, 9.17) is 10.4 Å². The molecule has 0 aliphatic carbocycles. The minimum absolute atomic E-state index is 0.104. The van der Waals surface area contributed by atoms with E-state index in [0.29, 0.717) is 0 Å². The summed E-state index contributed by atoms with van der Waals surface area (Å²) >= 11 is 0. The van der Waals surface area contributed by atoms with Crippen LogP contribution in [0.25, 0.3) is 0 Å². The highest BCUT2D eigenvalue weighted by atomic mass is 16.3. The fourth-order valence-corrected chi connectivity index (χ4v) is 0.556. The minimum atomic E-state index is -0.546. The Balaban J connectivity index is 3.46. The lowest BCUT2D eigenvalue weighted by atomic mass is 10.3. The number of aromatic hydroxyl groups is 1. The Morgan fingerprint density at radius 3 is 2.90 bits per heavy atom. The van der Waals surface area contributed by atoms with Crippen LogP contribution in [0.5, 0.6) is 5.75 Å². The predicted molar refractivity (Wildman–Crippen MR) is 33.4 cm³/mol. The van der Waals surface area contributed by atoms with Crippen LogP contribution in [0, 0.1) is 11.3 Å². The maximum absolute atomic E-state index is 10.6. The molecule has 4 nitrogen and oxygen atoms in total. The molecular formula is C6H4N2O2. The van der Waals surface area contributed by atoms with Crippen LogP contribution < -0.4 is 5.43 Å². The summed E-state index contributed by atoms with van der Waals surface area (Å²) in [6.45, 7) is 0. The van der Waals surface area contributed by atoms with Gasteiger partial charge >= 0.3 is 0 Å². The summed E-state index contributed by atoms with van der Waals surface area (Å²) < 4.78 is 0. The zero-order valence-electron chi connectivity index (χ0n) is 4.96. The van der Waals surface area contributed by atoms with Gasteiger partial charge in [0, 0.05) is 12.3 Å². The van der Waals surface area contributed by atoms with Crippen molar-refractivity contribution in [2.75, 3.05) is 0 Å². The summed E-state index contributed by atoms with van der Waals surface area (Å²) in [5.41, 5.74) is -0.650. The predicted octanol–water partition coefficient (Wildman–Crippen LogP) is -0.0478. The summed E-state index contributed by atoms with van der Waals surface area (Å²) in [6, 6.07) is 2.78. The first-order valence-corrected chi connectivity index (χ1v) is 2.56. The van der Waals surface area contributed by atoms with Crippen LogP contribution in [0.2, 0.25) is 0 Å². The van der Waals surface area contributed by atoms with E-state index in [0.717, 1.165) is 6.07 Å². The number of H-pyrrole nitrogens is 1. The highest BCUT2D eigenvalue weighted by Crippen LogP contribution is 2.02. The molecule has 0 atom stereocenters. The van der Waals surface area contributed by atoms with Crippen molar-refractivity contribution in [2.24, 2.45) is 0 Å². The quantitative estimate of drug-likeness (QED) is 0.525. The lowest BCUT2D eigenvalue weighted by molar-refractivity contribution is 0.465. The van der Waals surface area contributed by atoms with Crippen molar-refractivity contribution in [3.8, 4) is 11.8 Å². The van der Waals surface area contributed by atoms with Crippen LogP contribution in [-0.2, 0) is 0 Å². The Hall–Kier alpha value is -1.76.